The fourth-order valence-corrected chi connectivity index (χ4v) is 7.86. The minimum absolute atomic E-state index is 0.0203. The Morgan fingerprint density at radius 1 is 1.13 bits per heavy atom. The minimum atomic E-state index is -1.94. The molecule has 1 aromatic carbocycles. The van der Waals surface area contributed by atoms with E-state index in [0.717, 1.165) is 12.0 Å². The van der Waals surface area contributed by atoms with Gasteiger partial charge in [-0.2, -0.15) is 4.90 Å². The zero-order chi connectivity index (χ0) is 27.3. The van der Waals surface area contributed by atoms with Gasteiger partial charge in [0, 0.05) is 24.9 Å². The van der Waals surface area contributed by atoms with Crippen molar-refractivity contribution in [1.82, 2.24) is 9.80 Å². The third kappa shape index (κ3) is 2.93. The monoisotopic (exact) mass is 560 g/mol. The number of ether oxygens (including phenoxy) is 2. The Morgan fingerprint density at radius 3 is 2.58 bits per heavy atom. The van der Waals surface area contributed by atoms with Gasteiger partial charge in [0.2, 0.25) is 11.8 Å². The number of hydrogen-bond acceptors (Lipinski definition) is 8. The number of phenolic OH excluding ortho intramolecular Hbond substituents is 1. The molecule has 6 atom stereocenters. The fourth-order valence-electron chi connectivity index (χ4n) is 6.83. The van der Waals surface area contributed by atoms with Crippen molar-refractivity contribution in [1.29, 1.82) is 0 Å². The van der Waals surface area contributed by atoms with Crippen molar-refractivity contribution < 1.29 is 38.6 Å². The average Bonchev–Trinajstić information content (AvgIpc) is 3.22. The van der Waals surface area contributed by atoms with Crippen molar-refractivity contribution in [2.24, 2.45) is 23.7 Å². The summed E-state index contributed by atoms with van der Waals surface area (Å²) < 4.78 is 10.5. The van der Waals surface area contributed by atoms with E-state index < -0.39 is 63.1 Å². The third-order valence-corrected chi connectivity index (χ3v) is 9.93. The van der Waals surface area contributed by atoms with Gasteiger partial charge in [-0.05, 0) is 42.5 Å². The second-order valence-corrected chi connectivity index (χ2v) is 11.5. The number of benzene rings is 1. The van der Waals surface area contributed by atoms with E-state index in [0.29, 0.717) is 27.4 Å². The van der Waals surface area contributed by atoms with Crippen LogP contribution in [0.25, 0.3) is 0 Å². The highest BCUT2D eigenvalue weighted by Gasteiger charge is 2.76. The van der Waals surface area contributed by atoms with Crippen molar-refractivity contribution in [2.75, 3.05) is 14.2 Å². The van der Waals surface area contributed by atoms with Crippen LogP contribution in [0.3, 0.4) is 0 Å². The molecular weight excluding hydrogens is 539 g/mol. The molecular formula is C26H22Cl2N2O8. The number of rotatable bonds is 1. The number of carbonyl (C=O) groups excluding carboxylic acids is 5. The van der Waals surface area contributed by atoms with Crippen LogP contribution >= 0.6 is 23.2 Å². The predicted octanol–water partition coefficient (Wildman–Crippen LogP) is 2.50. The van der Waals surface area contributed by atoms with Gasteiger partial charge in [-0.3, -0.25) is 24.1 Å². The van der Waals surface area contributed by atoms with E-state index in [4.69, 9.17) is 27.9 Å². The number of imide groups is 4. The number of likely N-dealkylation sites (tertiary alicyclic amines) is 2. The van der Waals surface area contributed by atoms with E-state index in [1.54, 1.807) is 12.1 Å². The molecule has 12 heteroatoms. The van der Waals surface area contributed by atoms with E-state index >= 15 is 0 Å². The van der Waals surface area contributed by atoms with Crippen molar-refractivity contribution >= 4 is 52.9 Å². The summed E-state index contributed by atoms with van der Waals surface area (Å²) in [6.07, 6.45) is 2.30. The van der Waals surface area contributed by atoms with Crippen molar-refractivity contribution in [2.45, 2.75) is 29.0 Å². The van der Waals surface area contributed by atoms with E-state index in [1.165, 1.54) is 25.4 Å². The summed E-state index contributed by atoms with van der Waals surface area (Å²) in [6.45, 7) is 0. The maximum atomic E-state index is 13.6. The molecule has 2 saturated heterocycles. The molecule has 3 heterocycles. The molecule has 1 aromatic rings. The van der Waals surface area contributed by atoms with Gasteiger partial charge in [0.1, 0.15) is 11.5 Å². The molecule has 6 unspecified atom stereocenters. The Kier molecular flexibility index (Phi) is 5.29. The summed E-state index contributed by atoms with van der Waals surface area (Å²) in [5, 5.41) is 10.0. The minimum Gasteiger partial charge on any atom is -0.508 e. The average molecular weight is 561 g/mol. The Morgan fingerprint density at radius 2 is 1.87 bits per heavy atom. The summed E-state index contributed by atoms with van der Waals surface area (Å²) in [7, 11) is 2.38. The van der Waals surface area contributed by atoms with Crippen LogP contribution in [0.4, 0.5) is 4.79 Å². The first-order chi connectivity index (χ1) is 18.0. The number of nitrogens with zero attached hydrogens (tertiary/aromatic N) is 2. The lowest BCUT2D eigenvalue weighted by Gasteiger charge is -2.51. The first-order valence-corrected chi connectivity index (χ1v) is 12.7. The Labute approximate surface area is 226 Å². The number of carbonyl (C=O) groups is 5. The van der Waals surface area contributed by atoms with Crippen LogP contribution in [-0.4, -0.2) is 68.5 Å². The van der Waals surface area contributed by atoms with E-state index in [2.05, 4.69) is 4.74 Å². The smallest absolute Gasteiger partial charge is 0.423 e. The van der Waals surface area contributed by atoms with Gasteiger partial charge in [0.25, 0.3) is 11.8 Å². The highest BCUT2D eigenvalue weighted by atomic mass is 35.5. The van der Waals surface area contributed by atoms with Gasteiger partial charge in [-0.25, -0.2) is 4.79 Å². The molecule has 10 nitrogen and oxygen atoms in total. The van der Waals surface area contributed by atoms with Gasteiger partial charge in [0.05, 0.1) is 25.2 Å². The number of allylic oxidation sites excluding steroid dienone is 3. The molecule has 5 amide bonds. The van der Waals surface area contributed by atoms with Crippen LogP contribution in [-0.2, 0) is 30.3 Å². The van der Waals surface area contributed by atoms with Crippen LogP contribution in [0, 0.1) is 23.7 Å². The quantitative estimate of drug-likeness (QED) is 0.315. The molecule has 2 aliphatic carbocycles. The van der Waals surface area contributed by atoms with Crippen LogP contribution in [0.1, 0.15) is 18.4 Å². The summed E-state index contributed by atoms with van der Waals surface area (Å²) >= 11 is 14.2. The van der Waals surface area contributed by atoms with E-state index in [9.17, 15) is 29.1 Å². The zero-order valence-corrected chi connectivity index (χ0v) is 21.8. The molecule has 38 heavy (non-hydrogen) atoms. The Balaban J connectivity index is 1.51. The second kappa shape index (κ2) is 8.07. The van der Waals surface area contributed by atoms with Gasteiger partial charge < -0.3 is 14.6 Å². The molecule has 0 aromatic heterocycles. The topological polar surface area (TPSA) is 131 Å². The molecule has 198 valence electrons. The first kappa shape index (κ1) is 24.9. The van der Waals surface area contributed by atoms with E-state index in [1.807, 2.05) is 0 Å². The summed E-state index contributed by atoms with van der Waals surface area (Å²) in [5.41, 5.74) is 1.74. The lowest BCUT2D eigenvalue weighted by Crippen LogP contribution is -2.61. The van der Waals surface area contributed by atoms with Crippen LogP contribution in [0.2, 0.25) is 0 Å². The summed E-state index contributed by atoms with van der Waals surface area (Å²) in [4.78, 5) is 63.3. The van der Waals surface area contributed by atoms with Crippen molar-refractivity contribution in [3.05, 3.63) is 47.2 Å². The maximum Gasteiger partial charge on any atom is 0.423 e. The molecule has 5 aliphatic rings. The fraction of sp³-hybridized carbons (Fsp3) is 0.423. The normalized spacial score (nSPS) is 35.6. The molecule has 1 saturated carbocycles. The van der Waals surface area contributed by atoms with Crippen molar-refractivity contribution in [3.63, 3.8) is 0 Å². The highest BCUT2D eigenvalue weighted by molar-refractivity contribution is 6.53. The van der Waals surface area contributed by atoms with Crippen molar-refractivity contribution in [3.8, 4) is 11.5 Å². The zero-order valence-electron chi connectivity index (χ0n) is 20.3. The van der Waals surface area contributed by atoms with Crippen LogP contribution in [0.15, 0.2) is 41.7 Å². The molecule has 6 rings (SSSR count). The molecule has 0 spiro atoms. The number of fused-ring (bicyclic) bond motifs is 5. The first-order valence-electron chi connectivity index (χ1n) is 12.0. The van der Waals surface area contributed by atoms with Crippen LogP contribution in [0.5, 0.6) is 11.5 Å². The van der Waals surface area contributed by atoms with Gasteiger partial charge in [0.15, 0.2) is 9.75 Å². The molecule has 3 aliphatic heterocycles. The lowest BCUT2D eigenvalue weighted by molar-refractivity contribution is -0.139. The predicted molar refractivity (Wildman–Crippen MR) is 131 cm³/mol. The number of methoxy groups -OCH3 is 1. The van der Waals surface area contributed by atoms with Gasteiger partial charge in [-0.1, -0.05) is 11.6 Å². The number of alkyl halides is 2. The second-order valence-electron chi connectivity index (χ2n) is 10.3. The number of phenols is 1. The number of hydrogen-bond donors (Lipinski definition) is 1. The summed E-state index contributed by atoms with van der Waals surface area (Å²) in [6, 6.07) is 4.62. The number of aromatic hydroxyl groups is 1. The lowest BCUT2D eigenvalue weighted by atomic mass is 9.56. The molecule has 3 fully saturated rings. The van der Waals surface area contributed by atoms with E-state index in [-0.39, 0.29) is 25.0 Å². The standard InChI is InChI=1S/C26H22Cl2N2O8/c1-29-22(34)25(27)9-16-14(4-5-15-18(16)21(33)30(20(15)32)24(36)37-2)19(26(25,28)23(29)35)12-7-11-8-13(31)3-6-17(11)38-10-12/h3-4,6,8,10,15-16,18-19,31H,5,7,9H2,1-2H3. The third-order valence-electron chi connectivity index (χ3n) is 8.52. The molecule has 0 radical (unpaired) electrons. The Bertz CT molecular complexity index is 1420. The van der Waals surface area contributed by atoms with Gasteiger partial charge >= 0.3 is 6.09 Å². The molecule has 1 N–H and O–H groups in total. The highest BCUT2D eigenvalue weighted by Crippen LogP contribution is 2.64. The number of amides is 5. The summed E-state index contributed by atoms with van der Waals surface area (Å²) in [5.74, 6) is -5.84. The number of halogens is 2. The SMILES string of the molecule is COC(=O)N1C(=O)C2CC=C3C(CC4(Cl)C(=O)N(C)C(=O)C4(Cl)C3C3=COc4ccc(O)cc4C3)C2C1=O. The molecule has 0 bridgehead atoms. The van der Waals surface area contributed by atoms with Crippen LogP contribution < -0.4 is 4.74 Å². The maximum absolute atomic E-state index is 13.6. The largest absolute Gasteiger partial charge is 0.508 e. The van der Waals surface area contributed by atoms with Gasteiger partial charge in [-0.15, -0.1) is 23.2 Å². The Hall–Kier alpha value is -3.37.